The summed E-state index contributed by atoms with van der Waals surface area (Å²) < 4.78 is 57.0. The summed E-state index contributed by atoms with van der Waals surface area (Å²) in [6.45, 7) is 0. The zero-order chi connectivity index (χ0) is 12.8. The molecule has 0 aromatic heterocycles. The molecular formula is C6H6F3NO5S. The first kappa shape index (κ1) is 12.7. The largest absolute Gasteiger partial charge is 0.479 e. The zero-order valence-corrected chi connectivity index (χ0v) is 8.35. The molecule has 0 spiro atoms. The standard InChI is InChI=1S/C6H6F3NO5S/c7-6(8,9)3(11)10-5(4(12)13)1-16(14,15)2-5/h1-2H2,(H,10,11)(H,12,13). The second-order valence-corrected chi connectivity index (χ2v) is 5.44. The maximum atomic E-state index is 11.8. The molecule has 1 fully saturated rings. The average molecular weight is 261 g/mol. The van der Waals surface area contributed by atoms with Crippen molar-refractivity contribution >= 4 is 21.7 Å². The van der Waals surface area contributed by atoms with E-state index in [1.807, 2.05) is 0 Å². The SMILES string of the molecule is O=C(NC1(C(=O)O)CS(=O)(=O)C1)C(F)(F)F. The van der Waals surface area contributed by atoms with Gasteiger partial charge in [-0.2, -0.15) is 13.2 Å². The molecule has 2 N–H and O–H groups in total. The van der Waals surface area contributed by atoms with Crippen molar-refractivity contribution in [1.82, 2.24) is 5.32 Å². The van der Waals surface area contributed by atoms with Crippen molar-refractivity contribution in [3.8, 4) is 0 Å². The number of amides is 1. The van der Waals surface area contributed by atoms with E-state index in [0.717, 1.165) is 0 Å². The van der Waals surface area contributed by atoms with Crippen LogP contribution in [-0.2, 0) is 19.4 Å². The number of nitrogens with one attached hydrogen (secondary N) is 1. The number of alkyl halides is 3. The van der Waals surface area contributed by atoms with Crippen molar-refractivity contribution in [2.45, 2.75) is 11.7 Å². The molecule has 1 rings (SSSR count). The Morgan fingerprint density at radius 1 is 1.25 bits per heavy atom. The molecule has 0 bridgehead atoms. The van der Waals surface area contributed by atoms with Crippen LogP contribution in [0.5, 0.6) is 0 Å². The Kier molecular flexibility index (Phi) is 2.66. The van der Waals surface area contributed by atoms with Gasteiger partial charge < -0.3 is 10.4 Å². The van der Waals surface area contributed by atoms with E-state index in [4.69, 9.17) is 5.11 Å². The molecule has 1 aliphatic heterocycles. The van der Waals surface area contributed by atoms with Crippen LogP contribution < -0.4 is 5.32 Å². The minimum atomic E-state index is -5.25. The predicted octanol–water partition coefficient (Wildman–Crippen LogP) is -1.08. The first-order chi connectivity index (χ1) is 6.99. The smallest absolute Gasteiger partial charge is 0.471 e. The summed E-state index contributed by atoms with van der Waals surface area (Å²) in [7, 11) is -3.69. The minimum Gasteiger partial charge on any atom is -0.479 e. The lowest BCUT2D eigenvalue weighted by Crippen LogP contribution is -2.71. The van der Waals surface area contributed by atoms with E-state index in [0.29, 0.717) is 0 Å². The van der Waals surface area contributed by atoms with Crippen molar-refractivity contribution in [3.63, 3.8) is 0 Å². The summed E-state index contributed by atoms with van der Waals surface area (Å²) in [6.07, 6.45) is -5.25. The molecule has 92 valence electrons. The molecule has 0 aliphatic carbocycles. The summed E-state index contributed by atoms with van der Waals surface area (Å²) in [4.78, 5) is 21.1. The van der Waals surface area contributed by atoms with Gasteiger partial charge in [0, 0.05) is 0 Å². The third-order valence-corrected chi connectivity index (χ3v) is 3.82. The van der Waals surface area contributed by atoms with Crippen molar-refractivity contribution in [1.29, 1.82) is 0 Å². The monoisotopic (exact) mass is 261 g/mol. The third-order valence-electron chi connectivity index (χ3n) is 1.95. The van der Waals surface area contributed by atoms with Crippen LogP contribution in [0.2, 0.25) is 0 Å². The highest BCUT2D eigenvalue weighted by atomic mass is 32.2. The summed E-state index contributed by atoms with van der Waals surface area (Å²) in [6, 6.07) is 0. The molecule has 0 saturated carbocycles. The molecular weight excluding hydrogens is 255 g/mol. The number of hydrogen-bond donors (Lipinski definition) is 2. The van der Waals surface area contributed by atoms with Crippen LogP contribution in [0.4, 0.5) is 13.2 Å². The number of rotatable bonds is 2. The highest BCUT2D eigenvalue weighted by Crippen LogP contribution is 2.26. The van der Waals surface area contributed by atoms with Gasteiger partial charge in [-0.15, -0.1) is 0 Å². The summed E-state index contributed by atoms with van der Waals surface area (Å²) in [5.74, 6) is -6.33. The van der Waals surface area contributed by atoms with E-state index in [9.17, 15) is 31.2 Å². The average Bonchev–Trinajstić information content (AvgIpc) is 1.97. The minimum absolute atomic E-state index is 1.03. The van der Waals surface area contributed by atoms with Gasteiger partial charge >= 0.3 is 18.1 Å². The van der Waals surface area contributed by atoms with Gasteiger partial charge in [0.15, 0.2) is 15.4 Å². The van der Waals surface area contributed by atoms with Crippen LogP contribution in [-0.4, -0.2) is 48.6 Å². The molecule has 1 amide bonds. The Bertz CT molecular complexity index is 428. The number of carbonyl (C=O) groups is 2. The fraction of sp³-hybridized carbons (Fsp3) is 0.667. The fourth-order valence-corrected chi connectivity index (χ4v) is 3.05. The second-order valence-electron chi connectivity index (χ2n) is 3.37. The topological polar surface area (TPSA) is 101 Å². The first-order valence-corrected chi connectivity index (χ1v) is 5.64. The van der Waals surface area contributed by atoms with Crippen molar-refractivity contribution in [2.75, 3.05) is 11.5 Å². The van der Waals surface area contributed by atoms with Gasteiger partial charge in [0.05, 0.1) is 11.5 Å². The van der Waals surface area contributed by atoms with Gasteiger partial charge in [-0.05, 0) is 0 Å². The third kappa shape index (κ3) is 2.26. The van der Waals surface area contributed by atoms with E-state index in [2.05, 4.69) is 0 Å². The van der Waals surface area contributed by atoms with E-state index >= 15 is 0 Å². The van der Waals surface area contributed by atoms with Gasteiger partial charge in [0.2, 0.25) is 0 Å². The van der Waals surface area contributed by atoms with E-state index in [1.54, 1.807) is 0 Å². The Morgan fingerprint density at radius 3 is 1.94 bits per heavy atom. The molecule has 0 aromatic rings. The highest BCUT2D eigenvalue weighted by molar-refractivity contribution is 7.93. The molecule has 6 nitrogen and oxygen atoms in total. The molecule has 0 unspecified atom stereocenters. The summed E-state index contributed by atoms with van der Waals surface area (Å²) in [5.41, 5.74) is -2.36. The van der Waals surface area contributed by atoms with Crippen molar-refractivity contribution in [2.24, 2.45) is 0 Å². The summed E-state index contributed by atoms with van der Waals surface area (Å²) >= 11 is 0. The highest BCUT2D eigenvalue weighted by Gasteiger charge is 2.58. The Hall–Kier alpha value is -1.32. The number of sulfone groups is 1. The van der Waals surface area contributed by atoms with E-state index < -0.39 is 44.9 Å². The van der Waals surface area contributed by atoms with Crippen LogP contribution in [0.25, 0.3) is 0 Å². The predicted molar refractivity (Wildman–Crippen MR) is 43.2 cm³/mol. The van der Waals surface area contributed by atoms with E-state index in [-0.39, 0.29) is 0 Å². The van der Waals surface area contributed by atoms with Crippen molar-refractivity contribution in [3.05, 3.63) is 0 Å². The molecule has 0 radical (unpaired) electrons. The Morgan fingerprint density at radius 2 is 1.69 bits per heavy atom. The van der Waals surface area contributed by atoms with Gasteiger partial charge in [0.25, 0.3) is 0 Å². The number of halogens is 3. The van der Waals surface area contributed by atoms with Gasteiger partial charge in [-0.25, -0.2) is 13.2 Å². The molecule has 1 saturated heterocycles. The van der Waals surface area contributed by atoms with Gasteiger partial charge in [-0.3, -0.25) is 4.79 Å². The number of aliphatic carboxylic acids is 1. The van der Waals surface area contributed by atoms with Gasteiger partial charge in [0.1, 0.15) is 0 Å². The molecule has 1 aliphatic rings. The maximum Gasteiger partial charge on any atom is 0.471 e. The Balaban J connectivity index is 2.85. The first-order valence-electron chi connectivity index (χ1n) is 3.82. The summed E-state index contributed by atoms with van der Waals surface area (Å²) in [5, 5.41) is 9.77. The fourth-order valence-electron chi connectivity index (χ4n) is 1.25. The second kappa shape index (κ2) is 3.34. The lowest BCUT2D eigenvalue weighted by Gasteiger charge is -2.37. The van der Waals surface area contributed by atoms with Crippen LogP contribution >= 0.6 is 0 Å². The lowest BCUT2D eigenvalue weighted by atomic mass is 10.0. The number of carbonyl (C=O) groups excluding carboxylic acids is 1. The molecule has 0 aromatic carbocycles. The maximum absolute atomic E-state index is 11.8. The van der Waals surface area contributed by atoms with Crippen molar-refractivity contribution < 1.29 is 36.3 Å². The molecule has 10 heteroatoms. The quantitative estimate of drug-likeness (QED) is 0.658. The molecule has 1 heterocycles. The number of hydrogen-bond acceptors (Lipinski definition) is 4. The Labute approximate surface area is 87.3 Å². The van der Waals surface area contributed by atoms with Crippen LogP contribution in [0, 0.1) is 0 Å². The lowest BCUT2D eigenvalue weighted by molar-refractivity contribution is -0.177. The number of carboxylic acid groups (broad SMARTS) is 1. The normalized spacial score (nSPS) is 21.9. The molecule has 0 atom stereocenters. The van der Waals surface area contributed by atoms with Crippen LogP contribution in [0.15, 0.2) is 0 Å². The van der Waals surface area contributed by atoms with Crippen LogP contribution in [0.3, 0.4) is 0 Å². The van der Waals surface area contributed by atoms with E-state index in [1.165, 1.54) is 5.32 Å². The van der Waals surface area contributed by atoms with Crippen LogP contribution in [0.1, 0.15) is 0 Å². The number of carboxylic acids is 1. The van der Waals surface area contributed by atoms with Gasteiger partial charge in [-0.1, -0.05) is 0 Å². The molecule has 16 heavy (non-hydrogen) atoms. The zero-order valence-electron chi connectivity index (χ0n) is 7.54.